The van der Waals surface area contributed by atoms with Crippen molar-refractivity contribution in [2.45, 2.75) is 69.9 Å². The fourth-order valence-electron chi connectivity index (χ4n) is 3.62. The second-order valence-corrected chi connectivity index (χ2v) is 8.90. The van der Waals surface area contributed by atoms with E-state index < -0.39 is 18.0 Å². The smallest absolute Gasteiger partial charge is 0.243 e. The summed E-state index contributed by atoms with van der Waals surface area (Å²) in [6, 6.07) is 4.74. The molecule has 0 fully saturated rings. The monoisotopic (exact) mass is 520 g/mol. The number of hydrogen-bond acceptors (Lipinski definition) is 7. The number of rotatable bonds is 19. The lowest BCUT2D eigenvalue weighted by Crippen LogP contribution is -2.54. The number of phenolic OH excluding ortho intramolecular Hbond substituents is 1. The van der Waals surface area contributed by atoms with Gasteiger partial charge in [-0.05, 0) is 82.2 Å². The number of nitrogens with two attached hydrogens (primary N) is 4. The Morgan fingerprint density at radius 2 is 1.41 bits per heavy atom. The summed E-state index contributed by atoms with van der Waals surface area (Å²) in [4.78, 5) is 42.6. The van der Waals surface area contributed by atoms with Crippen LogP contribution < -0.4 is 38.9 Å². The van der Waals surface area contributed by atoms with Crippen molar-refractivity contribution in [3.05, 3.63) is 29.8 Å². The maximum atomic E-state index is 13.2. The van der Waals surface area contributed by atoms with Crippen LogP contribution in [0.2, 0.25) is 0 Å². The summed E-state index contributed by atoms with van der Waals surface area (Å²) < 4.78 is 0. The molecule has 1 rings (SSSR count). The van der Waals surface area contributed by atoms with E-state index in [0.29, 0.717) is 76.7 Å². The van der Waals surface area contributed by atoms with E-state index in [1.54, 1.807) is 12.1 Å². The summed E-state index contributed by atoms with van der Waals surface area (Å²) in [5.74, 6) is -0.901. The molecule has 12 nitrogen and oxygen atoms in total. The predicted octanol–water partition coefficient (Wildman–Crippen LogP) is -0.668. The number of nitrogens with zero attached hydrogens (tertiary/aromatic N) is 1. The summed E-state index contributed by atoms with van der Waals surface area (Å²) in [6.07, 6.45) is 5.02. The fraction of sp³-hybridized carbons (Fsp3) is 0.600. The first-order chi connectivity index (χ1) is 17.8. The topological polar surface area (TPSA) is 224 Å². The van der Waals surface area contributed by atoms with Gasteiger partial charge in [-0.1, -0.05) is 12.1 Å². The average molecular weight is 521 g/mol. The molecule has 12 heteroatoms. The van der Waals surface area contributed by atoms with Gasteiger partial charge in [0, 0.05) is 13.1 Å². The van der Waals surface area contributed by atoms with E-state index in [4.69, 9.17) is 22.9 Å². The fourth-order valence-corrected chi connectivity index (χ4v) is 3.62. The molecule has 0 aromatic heterocycles. The maximum absolute atomic E-state index is 13.2. The second kappa shape index (κ2) is 18.8. The van der Waals surface area contributed by atoms with Gasteiger partial charge in [-0.2, -0.15) is 0 Å². The van der Waals surface area contributed by atoms with Crippen LogP contribution >= 0.6 is 0 Å². The number of carbonyl (C=O) groups is 3. The maximum Gasteiger partial charge on any atom is 0.243 e. The summed E-state index contributed by atoms with van der Waals surface area (Å²) in [5.41, 5.74) is 22.5. The van der Waals surface area contributed by atoms with Gasteiger partial charge >= 0.3 is 0 Å². The van der Waals surface area contributed by atoms with Crippen molar-refractivity contribution >= 4 is 23.7 Å². The number of hydrogen-bond donors (Lipinski definition) is 8. The Morgan fingerprint density at radius 3 is 1.97 bits per heavy atom. The van der Waals surface area contributed by atoms with E-state index >= 15 is 0 Å². The van der Waals surface area contributed by atoms with Crippen molar-refractivity contribution in [3.63, 3.8) is 0 Å². The van der Waals surface area contributed by atoms with Crippen molar-refractivity contribution in [2.24, 2.45) is 27.9 Å². The molecule has 0 heterocycles. The van der Waals surface area contributed by atoms with Crippen LogP contribution in [-0.2, 0) is 20.8 Å². The summed E-state index contributed by atoms with van der Waals surface area (Å²) in [7, 11) is 0. The third-order valence-corrected chi connectivity index (χ3v) is 5.66. The van der Waals surface area contributed by atoms with Crippen molar-refractivity contribution < 1.29 is 19.5 Å². The molecule has 0 unspecified atom stereocenters. The van der Waals surface area contributed by atoms with Crippen LogP contribution in [0.25, 0.3) is 0 Å². The number of aromatic hydroxyl groups is 1. The number of benzene rings is 1. The molecule has 12 N–H and O–H groups in total. The Morgan fingerprint density at radius 1 is 0.811 bits per heavy atom. The van der Waals surface area contributed by atoms with Gasteiger partial charge in [0.1, 0.15) is 17.8 Å². The number of amides is 3. The van der Waals surface area contributed by atoms with Crippen LogP contribution in [0.4, 0.5) is 0 Å². The van der Waals surface area contributed by atoms with Crippen molar-refractivity contribution in [1.29, 1.82) is 0 Å². The minimum Gasteiger partial charge on any atom is -0.508 e. The highest BCUT2D eigenvalue weighted by Gasteiger charge is 2.26. The molecule has 0 spiro atoms. The zero-order valence-electron chi connectivity index (χ0n) is 21.6. The van der Waals surface area contributed by atoms with E-state index in [-0.39, 0.29) is 29.9 Å². The summed E-state index contributed by atoms with van der Waals surface area (Å²) >= 11 is 0. The highest BCUT2D eigenvalue weighted by molar-refractivity contribution is 5.92. The number of unbranched alkanes of at least 4 members (excludes halogenated alkanes) is 3. The molecule has 2 atom stereocenters. The Kier molecular flexibility index (Phi) is 16.1. The zero-order chi connectivity index (χ0) is 27.5. The van der Waals surface area contributed by atoms with E-state index in [2.05, 4.69) is 20.9 Å². The number of guanidine groups is 1. The third-order valence-electron chi connectivity index (χ3n) is 5.66. The van der Waals surface area contributed by atoms with Gasteiger partial charge in [-0.25, -0.2) is 0 Å². The molecule has 1 aromatic carbocycles. The minimum absolute atomic E-state index is 0.0305. The van der Waals surface area contributed by atoms with Crippen molar-refractivity contribution in [3.8, 4) is 5.75 Å². The first-order valence-electron chi connectivity index (χ1n) is 12.9. The number of nitrogens with one attached hydrogen (secondary N) is 3. The zero-order valence-corrected chi connectivity index (χ0v) is 21.6. The number of carbonyl (C=O) groups excluding carboxylic acids is 3. The Balaban J connectivity index is 2.76. The molecule has 0 aliphatic heterocycles. The van der Waals surface area contributed by atoms with E-state index in [1.807, 2.05) is 0 Å². The summed E-state index contributed by atoms with van der Waals surface area (Å²) in [5, 5.41) is 17.9. The normalized spacial score (nSPS) is 12.3. The highest BCUT2D eigenvalue weighted by Crippen LogP contribution is 2.11. The van der Waals surface area contributed by atoms with E-state index in [1.165, 1.54) is 12.1 Å². The first kappa shape index (κ1) is 31.6. The lowest BCUT2D eigenvalue weighted by molar-refractivity contribution is -0.132. The van der Waals surface area contributed by atoms with E-state index in [0.717, 1.165) is 6.42 Å². The summed E-state index contributed by atoms with van der Waals surface area (Å²) in [6.45, 7) is 1.86. The molecule has 0 aliphatic carbocycles. The van der Waals surface area contributed by atoms with Gasteiger partial charge in [-0.15, -0.1) is 0 Å². The Labute approximate surface area is 219 Å². The standard InChI is InChI=1S/C25H44N8O4/c26-13-3-1-7-20(23(36)30-15-5-6-16-31-25(28)29)33-24(37)21(8-2-4-14-27)32-22(35)17-18-9-11-19(34)12-10-18/h9-12,20-21,34H,1-8,13-17,26-27H2,(H,30,36)(H,32,35)(H,33,37)(H4,28,29,31)/t20-,21-/m0/s1. The molecule has 208 valence electrons. The van der Waals surface area contributed by atoms with E-state index in [9.17, 15) is 19.5 Å². The van der Waals surface area contributed by atoms with Gasteiger partial charge in [0.2, 0.25) is 17.7 Å². The van der Waals surface area contributed by atoms with Crippen LogP contribution in [0.1, 0.15) is 56.9 Å². The quantitative estimate of drug-likeness (QED) is 0.0661. The van der Waals surface area contributed by atoms with Gasteiger partial charge in [0.25, 0.3) is 0 Å². The first-order valence-corrected chi connectivity index (χ1v) is 12.9. The Bertz CT molecular complexity index is 844. The molecular formula is C25H44N8O4. The minimum atomic E-state index is -0.805. The largest absolute Gasteiger partial charge is 0.508 e. The number of phenols is 1. The molecule has 1 aromatic rings. The van der Waals surface area contributed by atoms with Crippen LogP contribution in [0, 0.1) is 0 Å². The molecule has 37 heavy (non-hydrogen) atoms. The molecule has 0 aliphatic rings. The number of aliphatic imine (C=N–C) groups is 1. The molecule has 0 saturated carbocycles. The van der Waals surface area contributed by atoms with Crippen molar-refractivity contribution in [2.75, 3.05) is 26.2 Å². The molecule has 0 radical (unpaired) electrons. The van der Waals surface area contributed by atoms with Gasteiger partial charge < -0.3 is 44.0 Å². The average Bonchev–Trinajstić information content (AvgIpc) is 2.86. The molecule has 0 bridgehead atoms. The lowest BCUT2D eigenvalue weighted by Gasteiger charge is -2.23. The molecule has 0 saturated heterocycles. The van der Waals surface area contributed by atoms with Gasteiger partial charge in [0.05, 0.1) is 6.42 Å². The van der Waals surface area contributed by atoms with Crippen molar-refractivity contribution in [1.82, 2.24) is 16.0 Å². The third kappa shape index (κ3) is 14.7. The van der Waals surface area contributed by atoms with Gasteiger partial charge in [0.15, 0.2) is 5.96 Å². The van der Waals surface area contributed by atoms with Crippen LogP contribution in [0.5, 0.6) is 5.75 Å². The second-order valence-electron chi connectivity index (χ2n) is 8.90. The van der Waals surface area contributed by atoms with Crippen LogP contribution in [0.3, 0.4) is 0 Å². The SMILES string of the molecule is NCCCC[C@H](NC(=O)Cc1ccc(O)cc1)C(=O)N[C@@H](CCCCN)C(=O)NCCCCN=C(N)N. The van der Waals surface area contributed by atoms with Crippen LogP contribution in [0.15, 0.2) is 29.3 Å². The van der Waals surface area contributed by atoms with Gasteiger partial charge in [-0.3, -0.25) is 19.4 Å². The predicted molar refractivity (Wildman–Crippen MR) is 144 cm³/mol. The molecular weight excluding hydrogens is 476 g/mol. The van der Waals surface area contributed by atoms with Crippen LogP contribution in [-0.4, -0.2) is 67.1 Å². The lowest BCUT2D eigenvalue weighted by atomic mass is 10.0. The Hall–Kier alpha value is -3.38. The highest BCUT2D eigenvalue weighted by atomic mass is 16.3. The molecule has 3 amide bonds.